The van der Waals surface area contributed by atoms with E-state index in [1.54, 1.807) is 0 Å². The minimum Gasteiger partial charge on any atom is -0.361 e. The van der Waals surface area contributed by atoms with Crippen molar-refractivity contribution in [3.05, 3.63) is 59.7 Å². The molecule has 0 aromatic heterocycles. The second-order valence-corrected chi connectivity index (χ2v) is 10.5. The Morgan fingerprint density at radius 3 is 1.37 bits per heavy atom. The molecule has 9 heteroatoms. The fourth-order valence-corrected chi connectivity index (χ4v) is 5.49. The summed E-state index contributed by atoms with van der Waals surface area (Å²) >= 11 is 0. The number of nitriles is 2. The Balaban J connectivity index is 1.17. The first-order valence-electron chi connectivity index (χ1n) is 12.8. The van der Waals surface area contributed by atoms with Crippen LogP contribution in [0.1, 0.15) is 36.5 Å². The van der Waals surface area contributed by atoms with Gasteiger partial charge in [0.05, 0.1) is 49.4 Å². The molecule has 0 radical (unpaired) electrons. The maximum Gasteiger partial charge on any atom is 0.183 e. The monoisotopic (exact) mass is 516 g/mol. The number of hydrogen-bond acceptors (Lipinski definition) is 9. The molecule has 0 amide bonds. The number of Topliss-reactive ketones (excluding diaryl/α,β-unsaturated/α-hetero) is 1. The van der Waals surface area contributed by atoms with Crippen molar-refractivity contribution in [1.29, 1.82) is 10.5 Å². The van der Waals surface area contributed by atoms with Crippen molar-refractivity contribution in [2.75, 3.05) is 63.4 Å². The Hall–Kier alpha value is -3.47. The lowest BCUT2D eigenvalue weighted by Crippen LogP contribution is -2.50. The van der Waals surface area contributed by atoms with E-state index in [0.717, 1.165) is 22.5 Å². The number of carbonyl (C=O) groups is 1. The van der Waals surface area contributed by atoms with Gasteiger partial charge in [-0.05, 0) is 37.1 Å². The molecule has 1 aliphatic carbocycles. The summed E-state index contributed by atoms with van der Waals surface area (Å²) in [4.78, 5) is 17.4. The van der Waals surface area contributed by atoms with E-state index >= 15 is 0 Å². The van der Waals surface area contributed by atoms with Gasteiger partial charge in [-0.1, -0.05) is 24.3 Å². The van der Waals surface area contributed by atoms with Gasteiger partial charge in [0, 0.05) is 36.6 Å². The van der Waals surface area contributed by atoms with Gasteiger partial charge in [0.1, 0.15) is 13.1 Å². The topological polar surface area (TPSA) is 108 Å². The third-order valence-electron chi connectivity index (χ3n) is 7.92. The summed E-state index contributed by atoms with van der Waals surface area (Å²) in [6.45, 7) is 1.82. The molecule has 1 saturated carbocycles. The minimum atomic E-state index is -0.685. The third-order valence-corrected chi connectivity index (χ3v) is 7.92. The minimum absolute atomic E-state index is 0.101. The van der Waals surface area contributed by atoms with Crippen LogP contribution in [0.4, 0.5) is 11.4 Å². The first-order chi connectivity index (χ1) is 18.4. The molecule has 5 rings (SSSR count). The molecular weight excluding hydrogens is 484 g/mol. The second kappa shape index (κ2) is 10.7. The van der Waals surface area contributed by atoms with Crippen LogP contribution in [0.25, 0.3) is 0 Å². The smallest absolute Gasteiger partial charge is 0.183 e. The van der Waals surface area contributed by atoms with Crippen molar-refractivity contribution in [3.63, 3.8) is 0 Å². The van der Waals surface area contributed by atoms with Crippen LogP contribution in [0.5, 0.6) is 0 Å². The Bertz CT molecular complexity index is 1120. The molecule has 0 atom stereocenters. The molecule has 3 fully saturated rings. The first kappa shape index (κ1) is 26.1. The number of rotatable bonds is 6. The number of ketones is 1. The molecule has 2 heterocycles. The highest BCUT2D eigenvalue weighted by Crippen LogP contribution is 2.52. The Kier molecular flexibility index (Phi) is 7.38. The van der Waals surface area contributed by atoms with E-state index in [9.17, 15) is 4.79 Å². The molecular formula is C29H32N4O5. The molecule has 2 aliphatic heterocycles. The van der Waals surface area contributed by atoms with Crippen LogP contribution in [0.2, 0.25) is 0 Å². The van der Waals surface area contributed by atoms with Gasteiger partial charge in [0.15, 0.2) is 18.4 Å². The average molecular weight is 517 g/mol. The highest BCUT2D eigenvalue weighted by molar-refractivity contribution is 5.93. The van der Waals surface area contributed by atoms with Gasteiger partial charge in [-0.3, -0.25) is 4.79 Å². The van der Waals surface area contributed by atoms with Crippen molar-refractivity contribution < 1.29 is 23.7 Å². The summed E-state index contributed by atoms with van der Waals surface area (Å²) in [5, 5.41) is 17.8. The van der Waals surface area contributed by atoms with E-state index in [4.69, 9.17) is 29.5 Å². The number of benzene rings is 2. The van der Waals surface area contributed by atoms with Gasteiger partial charge in [-0.2, -0.15) is 10.5 Å². The largest absolute Gasteiger partial charge is 0.361 e. The molecule has 2 spiro atoms. The normalized spacial score (nSPS) is 28.7. The van der Waals surface area contributed by atoms with Crippen LogP contribution in [0.15, 0.2) is 48.5 Å². The number of hydrogen-bond donors (Lipinski definition) is 0. The lowest BCUT2D eigenvalue weighted by Gasteiger charge is -2.40. The van der Waals surface area contributed by atoms with Crippen molar-refractivity contribution in [2.24, 2.45) is 10.8 Å². The summed E-state index contributed by atoms with van der Waals surface area (Å²) in [6, 6.07) is 19.7. The molecule has 0 bridgehead atoms. The summed E-state index contributed by atoms with van der Waals surface area (Å²) in [5.41, 5.74) is 2.27. The van der Waals surface area contributed by atoms with Crippen LogP contribution < -0.4 is 9.80 Å². The molecule has 0 N–H and O–H groups in total. The Labute approximate surface area is 223 Å². The number of ether oxygens (including phenoxy) is 4. The molecule has 2 saturated heterocycles. The number of nitrogens with zero attached hydrogens (tertiary/aromatic N) is 4. The van der Waals surface area contributed by atoms with Gasteiger partial charge >= 0.3 is 0 Å². The van der Waals surface area contributed by atoms with E-state index in [1.165, 1.54) is 0 Å². The van der Waals surface area contributed by atoms with Crippen molar-refractivity contribution >= 4 is 17.2 Å². The highest BCUT2D eigenvalue weighted by Gasteiger charge is 2.60. The SMILES string of the molecule is CN(CC#N)c1ccc(C2OCC3(CCC4(COC(c5ccc(N(C)CC#N)cc5)OC4)C3=O)CO2)cc1. The molecule has 2 aromatic rings. The molecule has 3 aliphatic rings. The number of anilines is 2. The average Bonchev–Trinajstić information content (AvgIpc) is 3.20. The van der Waals surface area contributed by atoms with Crippen LogP contribution in [0.3, 0.4) is 0 Å². The quantitative estimate of drug-likeness (QED) is 0.531. The molecule has 38 heavy (non-hydrogen) atoms. The van der Waals surface area contributed by atoms with Gasteiger partial charge in [0.25, 0.3) is 0 Å². The van der Waals surface area contributed by atoms with E-state index in [-0.39, 0.29) is 5.78 Å². The molecule has 9 nitrogen and oxygen atoms in total. The van der Waals surface area contributed by atoms with Gasteiger partial charge < -0.3 is 28.7 Å². The fraction of sp³-hybridized carbons (Fsp3) is 0.483. The van der Waals surface area contributed by atoms with Crippen molar-refractivity contribution in [3.8, 4) is 12.1 Å². The van der Waals surface area contributed by atoms with Gasteiger partial charge in [-0.15, -0.1) is 0 Å². The maximum absolute atomic E-state index is 13.7. The standard InChI is InChI=1S/C29H32N4O5/c1-32(15-13-30)23-7-3-21(4-8-23)25-35-17-28(18-36-25)11-12-29(27(28)34)19-37-26(38-20-29)22-5-9-24(10-6-22)33(2)16-14-31/h3-10,25-26H,11-12,15-20H2,1-2H3. The van der Waals surface area contributed by atoms with E-state index < -0.39 is 23.4 Å². The zero-order chi connectivity index (χ0) is 26.8. The molecule has 0 unspecified atom stereocenters. The predicted molar refractivity (Wildman–Crippen MR) is 139 cm³/mol. The van der Waals surface area contributed by atoms with Crippen LogP contribution in [-0.2, 0) is 23.7 Å². The Morgan fingerprint density at radius 1 is 0.711 bits per heavy atom. The zero-order valence-electron chi connectivity index (χ0n) is 21.8. The second-order valence-electron chi connectivity index (χ2n) is 10.5. The van der Waals surface area contributed by atoms with Crippen LogP contribution in [-0.4, -0.2) is 59.4 Å². The number of carbonyl (C=O) groups excluding carboxylic acids is 1. The zero-order valence-corrected chi connectivity index (χ0v) is 21.8. The highest BCUT2D eigenvalue weighted by atomic mass is 16.7. The summed E-state index contributed by atoms with van der Waals surface area (Å²) in [7, 11) is 3.73. The van der Waals surface area contributed by atoms with E-state index in [2.05, 4.69) is 12.1 Å². The Morgan fingerprint density at radius 2 is 1.05 bits per heavy atom. The van der Waals surface area contributed by atoms with Crippen molar-refractivity contribution in [1.82, 2.24) is 0 Å². The maximum atomic E-state index is 13.7. The summed E-state index contributed by atoms with van der Waals surface area (Å²) in [6.07, 6.45) is 0.291. The van der Waals surface area contributed by atoms with Crippen LogP contribution >= 0.6 is 0 Å². The van der Waals surface area contributed by atoms with Gasteiger partial charge in [0.2, 0.25) is 0 Å². The lowest BCUT2D eigenvalue weighted by molar-refractivity contribution is -0.240. The predicted octanol–water partition coefficient (Wildman–Crippen LogP) is 3.73. The summed E-state index contributed by atoms with van der Waals surface area (Å²) < 4.78 is 24.3. The molecule has 2 aromatic carbocycles. The van der Waals surface area contributed by atoms with E-state index in [1.807, 2.05) is 72.4 Å². The van der Waals surface area contributed by atoms with Gasteiger partial charge in [-0.25, -0.2) is 0 Å². The fourth-order valence-electron chi connectivity index (χ4n) is 5.49. The third kappa shape index (κ3) is 4.87. The molecule has 198 valence electrons. The van der Waals surface area contributed by atoms with E-state index in [0.29, 0.717) is 52.4 Å². The lowest BCUT2D eigenvalue weighted by atomic mass is 9.78. The first-order valence-corrected chi connectivity index (χ1v) is 12.8. The van der Waals surface area contributed by atoms with Crippen LogP contribution in [0, 0.1) is 33.5 Å². The van der Waals surface area contributed by atoms with Crippen molar-refractivity contribution in [2.45, 2.75) is 25.4 Å². The summed E-state index contributed by atoms with van der Waals surface area (Å²) in [5.74, 6) is 0.101.